The van der Waals surface area contributed by atoms with Gasteiger partial charge in [0.15, 0.2) is 16.6 Å². The Balaban J connectivity index is 1.68. The van der Waals surface area contributed by atoms with E-state index < -0.39 is 11.7 Å². The third-order valence-corrected chi connectivity index (χ3v) is 3.79. The number of fused-ring (bicyclic) bond motifs is 1. The van der Waals surface area contributed by atoms with Crippen LogP contribution in [-0.2, 0) is 6.18 Å². The SMILES string of the molecule is CC(=NNC(=S)Nc1ccccc1C(F)(F)F)c1ccc2c(c1)OCO2. The van der Waals surface area contributed by atoms with Crippen LogP contribution in [0.1, 0.15) is 18.1 Å². The third-order valence-electron chi connectivity index (χ3n) is 3.60. The van der Waals surface area contributed by atoms with Gasteiger partial charge < -0.3 is 14.8 Å². The van der Waals surface area contributed by atoms with Crippen LogP contribution >= 0.6 is 12.2 Å². The van der Waals surface area contributed by atoms with Gasteiger partial charge in [-0.15, -0.1) is 0 Å². The smallest absolute Gasteiger partial charge is 0.418 e. The minimum absolute atomic E-state index is 0.0539. The molecule has 0 spiro atoms. The molecule has 0 fully saturated rings. The van der Waals surface area contributed by atoms with Gasteiger partial charge >= 0.3 is 6.18 Å². The molecule has 1 aliphatic heterocycles. The second-order valence-corrected chi connectivity index (χ2v) is 5.78. The number of thiocarbonyl (C=S) groups is 1. The molecular weight excluding hydrogens is 367 g/mol. The second kappa shape index (κ2) is 7.20. The summed E-state index contributed by atoms with van der Waals surface area (Å²) in [5.41, 5.74) is 2.94. The van der Waals surface area contributed by atoms with Crippen LogP contribution in [0.25, 0.3) is 0 Å². The lowest BCUT2D eigenvalue weighted by Gasteiger charge is -2.14. The Morgan fingerprint density at radius 1 is 1.12 bits per heavy atom. The van der Waals surface area contributed by atoms with Crippen LogP contribution in [0.15, 0.2) is 47.6 Å². The molecule has 0 atom stereocenters. The maximum Gasteiger partial charge on any atom is 0.418 e. The summed E-state index contributed by atoms with van der Waals surface area (Å²) in [4.78, 5) is 0. The number of ether oxygens (including phenoxy) is 2. The predicted octanol–water partition coefficient (Wildman–Crippen LogP) is 4.14. The van der Waals surface area contributed by atoms with Crippen LogP contribution in [-0.4, -0.2) is 17.6 Å². The van der Waals surface area contributed by atoms with Crippen molar-refractivity contribution in [1.29, 1.82) is 0 Å². The maximum atomic E-state index is 13.0. The lowest BCUT2D eigenvalue weighted by molar-refractivity contribution is -0.136. The number of para-hydroxylation sites is 1. The van der Waals surface area contributed by atoms with Crippen molar-refractivity contribution < 1.29 is 22.6 Å². The standard InChI is InChI=1S/C17H14F3N3O2S/c1-10(11-6-7-14-15(8-11)25-9-24-14)22-23-16(26)21-13-5-3-2-4-12(13)17(18,19)20/h2-8H,9H2,1H3,(H2,21,23,26). The first-order chi connectivity index (χ1) is 12.3. The summed E-state index contributed by atoms with van der Waals surface area (Å²) >= 11 is 5.02. The van der Waals surface area contributed by atoms with Gasteiger partial charge in [-0.2, -0.15) is 18.3 Å². The topological polar surface area (TPSA) is 54.9 Å². The van der Waals surface area contributed by atoms with Crippen molar-refractivity contribution in [3.05, 3.63) is 53.6 Å². The Bertz CT molecular complexity index is 869. The molecule has 2 aromatic carbocycles. The summed E-state index contributed by atoms with van der Waals surface area (Å²) in [7, 11) is 0. The van der Waals surface area contributed by atoms with Crippen molar-refractivity contribution in [1.82, 2.24) is 5.43 Å². The van der Waals surface area contributed by atoms with Crippen LogP contribution in [0.2, 0.25) is 0 Å². The lowest BCUT2D eigenvalue weighted by atomic mass is 10.1. The highest BCUT2D eigenvalue weighted by molar-refractivity contribution is 7.80. The van der Waals surface area contributed by atoms with Gasteiger partial charge in [0, 0.05) is 5.56 Å². The molecule has 0 saturated carbocycles. The highest BCUT2D eigenvalue weighted by atomic mass is 32.1. The Labute approximate surface area is 152 Å². The van der Waals surface area contributed by atoms with Gasteiger partial charge in [0.25, 0.3) is 0 Å². The molecule has 0 aromatic heterocycles. The van der Waals surface area contributed by atoms with Crippen LogP contribution in [0.4, 0.5) is 18.9 Å². The van der Waals surface area contributed by atoms with Crippen LogP contribution in [0, 0.1) is 0 Å². The highest BCUT2D eigenvalue weighted by Crippen LogP contribution is 2.34. The Morgan fingerprint density at radius 2 is 1.85 bits per heavy atom. The van der Waals surface area contributed by atoms with E-state index in [2.05, 4.69) is 15.8 Å². The molecule has 2 N–H and O–H groups in total. The van der Waals surface area contributed by atoms with Gasteiger partial charge in [0.1, 0.15) is 0 Å². The van der Waals surface area contributed by atoms with E-state index in [0.29, 0.717) is 17.2 Å². The van der Waals surface area contributed by atoms with Gasteiger partial charge in [-0.1, -0.05) is 12.1 Å². The zero-order chi connectivity index (χ0) is 18.7. The normalized spacial score (nSPS) is 13.5. The molecule has 0 aliphatic carbocycles. The van der Waals surface area contributed by atoms with Crippen molar-refractivity contribution in [2.75, 3.05) is 12.1 Å². The van der Waals surface area contributed by atoms with Crippen molar-refractivity contribution in [2.45, 2.75) is 13.1 Å². The Morgan fingerprint density at radius 3 is 2.62 bits per heavy atom. The zero-order valence-electron chi connectivity index (χ0n) is 13.6. The number of alkyl halides is 3. The summed E-state index contributed by atoms with van der Waals surface area (Å²) in [6.45, 7) is 1.90. The van der Waals surface area contributed by atoms with Crippen LogP contribution < -0.4 is 20.2 Å². The first-order valence-electron chi connectivity index (χ1n) is 7.52. The molecule has 0 bridgehead atoms. The summed E-state index contributed by atoms with van der Waals surface area (Å²) in [5.74, 6) is 1.26. The Kier molecular flexibility index (Phi) is 4.99. The maximum absolute atomic E-state index is 13.0. The lowest BCUT2D eigenvalue weighted by Crippen LogP contribution is -2.26. The molecule has 0 unspecified atom stereocenters. The molecule has 26 heavy (non-hydrogen) atoms. The molecule has 0 amide bonds. The van der Waals surface area contributed by atoms with E-state index in [1.54, 1.807) is 25.1 Å². The predicted molar refractivity (Wildman–Crippen MR) is 95.6 cm³/mol. The monoisotopic (exact) mass is 381 g/mol. The zero-order valence-corrected chi connectivity index (χ0v) is 14.4. The number of rotatable bonds is 3. The molecular formula is C17H14F3N3O2S. The summed E-state index contributed by atoms with van der Waals surface area (Å²) in [6, 6.07) is 10.4. The molecule has 136 valence electrons. The average molecular weight is 381 g/mol. The summed E-state index contributed by atoms with van der Waals surface area (Å²) < 4.78 is 49.5. The first kappa shape index (κ1) is 18.0. The van der Waals surface area contributed by atoms with E-state index in [0.717, 1.165) is 11.6 Å². The Hall–Kier alpha value is -2.81. The van der Waals surface area contributed by atoms with Gasteiger partial charge in [-0.3, -0.25) is 5.43 Å². The molecule has 1 heterocycles. The van der Waals surface area contributed by atoms with E-state index in [1.165, 1.54) is 18.2 Å². The molecule has 1 aliphatic rings. The van der Waals surface area contributed by atoms with Crippen molar-refractivity contribution in [2.24, 2.45) is 5.10 Å². The highest BCUT2D eigenvalue weighted by Gasteiger charge is 2.33. The van der Waals surface area contributed by atoms with Gasteiger partial charge in [0.05, 0.1) is 17.0 Å². The van der Waals surface area contributed by atoms with E-state index >= 15 is 0 Å². The minimum atomic E-state index is -4.48. The number of nitrogens with one attached hydrogen (secondary N) is 2. The van der Waals surface area contributed by atoms with Crippen molar-refractivity contribution >= 4 is 28.7 Å². The van der Waals surface area contributed by atoms with Crippen molar-refractivity contribution in [3.8, 4) is 11.5 Å². The minimum Gasteiger partial charge on any atom is -0.454 e. The average Bonchev–Trinajstić information content (AvgIpc) is 3.07. The summed E-state index contributed by atoms with van der Waals surface area (Å²) in [5, 5.41) is 6.55. The van der Waals surface area contributed by atoms with Gasteiger partial charge in [-0.25, -0.2) is 0 Å². The molecule has 9 heteroatoms. The first-order valence-corrected chi connectivity index (χ1v) is 7.93. The third kappa shape index (κ3) is 4.05. The van der Waals surface area contributed by atoms with E-state index in [9.17, 15) is 13.2 Å². The van der Waals surface area contributed by atoms with E-state index in [-0.39, 0.29) is 17.6 Å². The number of hydrogen-bond acceptors (Lipinski definition) is 4. The number of benzene rings is 2. The fourth-order valence-corrected chi connectivity index (χ4v) is 2.47. The molecule has 3 rings (SSSR count). The van der Waals surface area contributed by atoms with Crippen LogP contribution in [0.3, 0.4) is 0 Å². The molecule has 0 radical (unpaired) electrons. The summed E-state index contributed by atoms with van der Waals surface area (Å²) in [6.07, 6.45) is -4.48. The fourth-order valence-electron chi connectivity index (χ4n) is 2.31. The largest absolute Gasteiger partial charge is 0.454 e. The number of nitrogens with zero attached hydrogens (tertiary/aromatic N) is 1. The second-order valence-electron chi connectivity index (χ2n) is 5.37. The van der Waals surface area contributed by atoms with E-state index in [1.807, 2.05) is 0 Å². The van der Waals surface area contributed by atoms with Crippen molar-refractivity contribution in [3.63, 3.8) is 0 Å². The molecule has 0 saturated heterocycles. The van der Waals surface area contributed by atoms with E-state index in [4.69, 9.17) is 21.7 Å². The number of anilines is 1. The number of hydrogen-bond donors (Lipinski definition) is 2. The fraction of sp³-hybridized carbons (Fsp3) is 0.176. The number of halogens is 3. The number of hydrazone groups is 1. The van der Waals surface area contributed by atoms with Gasteiger partial charge in [-0.05, 0) is 49.5 Å². The molecule has 5 nitrogen and oxygen atoms in total. The molecule has 2 aromatic rings. The quantitative estimate of drug-likeness (QED) is 0.475. The van der Waals surface area contributed by atoms with Crippen LogP contribution in [0.5, 0.6) is 11.5 Å². The van der Waals surface area contributed by atoms with Gasteiger partial charge in [0.2, 0.25) is 6.79 Å².